The molecule has 0 radical (unpaired) electrons. The minimum absolute atomic E-state index is 0.186. The van der Waals surface area contributed by atoms with Gasteiger partial charge in [-0.15, -0.1) is 11.6 Å². The number of rotatable bonds is 5. The maximum atomic E-state index is 11.2. The number of alkyl halides is 1. The Morgan fingerprint density at radius 1 is 1.60 bits per heavy atom. The third kappa shape index (κ3) is 5.49. The third-order valence-corrected chi connectivity index (χ3v) is 2.25. The molecule has 15 heavy (non-hydrogen) atoms. The maximum Gasteiger partial charge on any atom is 0.335 e. The first-order valence-electron chi connectivity index (χ1n) is 4.61. The lowest BCUT2D eigenvalue weighted by atomic mass is 10.2. The number of nitrogens with zero attached hydrogens (tertiary/aromatic N) is 1. The van der Waals surface area contributed by atoms with E-state index >= 15 is 0 Å². The average Bonchev–Trinajstić information content (AvgIpc) is 2.23. The smallest absolute Gasteiger partial charge is 0.335 e. The zero-order valence-corrected chi connectivity index (χ0v) is 9.53. The van der Waals surface area contributed by atoms with Gasteiger partial charge in [-0.25, -0.2) is 9.59 Å². The summed E-state index contributed by atoms with van der Waals surface area (Å²) in [5, 5.41) is -0.528. The van der Waals surface area contributed by atoms with Crippen LogP contribution in [0.1, 0.15) is 20.3 Å². The van der Waals surface area contributed by atoms with Crippen molar-refractivity contribution >= 4 is 29.8 Å². The zero-order chi connectivity index (χ0) is 11.8. The molecule has 0 aliphatic rings. The van der Waals surface area contributed by atoms with Gasteiger partial charge in [-0.2, -0.15) is 0 Å². The first-order chi connectivity index (χ1) is 7.02. The van der Waals surface area contributed by atoms with Crippen LogP contribution in [-0.4, -0.2) is 36.1 Å². The monoisotopic (exact) mass is 234 g/mol. The van der Waals surface area contributed by atoms with Crippen LogP contribution in [0.25, 0.3) is 0 Å². The van der Waals surface area contributed by atoms with Crippen LogP contribution in [0.15, 0.2) is 4.99 Å². The van der Waals surface area contributed by atoms with Gasteiger partial charge in [0.05, 0.1) is 5.38 Å². The number of ether oxygens (including phenoxy) is 1. The van der Waals surface area contributed by atoms with Gasteiger partial charge >= 0.3 is 11.9 Å². The molecule has 0 rings (SSSR count). The average molecular weight is 235 g/mol. The van der Waals surface area contributed by atoms with Crippen LogP contribution >= 0.6 is 11.6 Å². The zero-order valence-electron chi connectivity index (χ0n) is 8.77. The van der Waals surface area contributed by atoms with E-state index < -0.39 is 23.4 Å². The highest BCUT2D eigenvalue weighted by molar-refractivity contribution is 6.22. The van der Waals surface area contributed by atoms with Crippen molar-refractivity contribution in [3.8, 4) is 0 Å². The third-order valence-electron chi connectivity index (χ3n) is 1.67. The number of nitrogens with two attached hydrogens (primary N) is 1. The predicted octanol–water partition coefficient (Wildman–Crippen LogP) is 0.492. The Balaban J connectivity index is 4.07. The van der Waals surface area contributed by atoms with Crippen molar-refractivity contribution < 1.29 is 14.3 Å². The molecule has 0 fully saturated rings. The molecule has 2 N–H and O–H groups in total. The minimum Gasteiger partial charge on any atom is -0.391 e. The number of hydrogen-bond acceptors (Lipinski definition) is 5. The number of halogens is 1. The molecule has 0 amide bonds. The molecule has 5 nitrogen and oxygen atoms in total. The lowest BCUT2D eigenvalue weighted by Crippen LogP contribution is -2.41. The van der Waals surface area contributed by atoms with Crippen LogP contribution in [0.4, 0.5) is 0 Å². The lowest BCUT2D eigenvalue weighted by Gasteiger charge is -2.13. The van der Waals surface area contributed by atoms with Crippen LogP contribution in [0.2, 0.25) is 0 Å². The van der Waals surface area contributed by atoms with E-state index in [-0.39, 0.29) is 6.54 Å². The molecule has 0 aromatic rings. The second kappa shape index (κ2) is 7.36. The van der Waals surface area contributed by atoms with Crippen LogP contribution in [0, 0.1) is 0 Å². The Morgan fingerprint density at radius 2 is 2.20 bits per heavy atom. The van der Waals surface area contributed by atoms with Gasteiger partial charge in [0.25, 0.3) is 0 Å². The summed E-state index contributed by atoms with van der Waals surface area (Å²) < 4.78 is 4.44. The van der Waals surface area contributed by atoms with Gasteiger partial charge in [0, 0.05) is 0 Å². The van der Waals surface area contributed by atoms with Crippen LogP contribution in [-0.2, 0) is 14.3 Å². The number of carbonyl (C=O) groups excluding carboxylic acids is 2. The predicted molar refractivity (Wildman–Crippen MR) is 58.0 cm³/mol. The molecule has 0 spiro atoms. The topological polar surface area (TPSA) is 81.8 Å². The Hall–Kier alpha value is -0.940. The van der Waals surface area contributed by atoms with Crippen molar-refractivity contribution in [3.05, 3.63) is 0 Å². The second-order valence-corrected chi connectivity index (χ2v) is 3.40. The molecular formula is C9H15ClN2O3. The molecule has 0 saturated carbocycles. The fraction of sp³-hybridized carbons (Fsp3) is 0.667. The van der Waals surface area contributed by atoms with Gasteiger partial charge in [-0.1, -0.05) is 6.92 Å². The molecular weight excluding hydrogens is 220 g/mol. The van der Waals surface area contributed by atoms with Crippen molar-refractivity contribution in [1.82, 2.24) is 0 Å². The van der Waals surface area contributed by atoms with E-state index in [1.54, 1.807) is 13.8 Å². The van der Waals surface area contributed by atoms with Crippen LogP contribution in [0.5, 0.6) is 0 Å². The molecule has 1 unspecified atom stereocenters. The van der Waals surface area contributed by atoms with Crippen molar-refractivity contribution in [2.45, 2.75) is 31.7 Å². The fourth-order valence-electron chi connectivity index (χ4n) is 0.780. The van der Waals surface area contributed by atoms with Gasteiger partial charge in [0.15, 0.2) is 0 Å². The summed E-state index contributed by atoms with van der Waals surface area (Å²) in [5.74, 6) is -1.54. The number of esters is 2. The second-order valence-electron chi connectivity index (χ2n) is 2.84. The van der Waals surface area contributed by atoms with Gasteiger partial charge in [-0.05, 0) is 19.6 Å². The van der Waals surface area contributed by atoms with E-state index in [9.17, 15) is 9.59 Å². The largest absolute Gasteiger partial charge is 0.391 e. The number of carbonyl (C=O) groups is 2. The van der Waals surface area contributed by atoms with E-state index in [4.69, 9.17) is 17.3 Å². The molecule has 0 saturated heterocycles. The molecule has 2 atom stereocenters. The molecule has 86 valence electrons. The van der Waals surface area contributed by atoms with E-state index in [0.29, 0.717) is 6.42 Å². The first kappa shape index (κ1) is 14.1. The molecule has 0 aliphatic heterocycles. The summed E-state index contributed by atoms with van der Waals surface area (Å²) in [5.41, 5.74) is 5.45. The quantitative estimate of drug-likeness (QED) is 0.325. The lowest BCUT2D eigenvalue weighted by molar-refractivity contribution is -0.159. The van der Waals surface area contributed by atoms with Crippen LogP contribution < -0.4 is 5.73 Å². The summed E-state index contributed by atoms with van der Waals surface area (Å²) in [6.07, 6.45) is 1.97. The van der Waals surface area contributed by atoms with Crippen molar-refractivity contribution in [2.24, 2.45) is 10.7 Å². The minimum atomic E-state index is -0.980. The molecule has 0 aromatic carbocycles. The first-order valence-corrected chi connectivity index (χ1v) is 5.05. The van der Waals surface area contributed by atoms with Gasteiger partial charge in [0.2, 0.25) is 0 Å². The molecule has 0 aliphatic carbocycles. The summed E-state index contributed by atoms with van der Waals surface area (Å²) in [6.45, 7) is 3.26. The van der Waals surface area contributed by atoms with Crippen molar-refractivity contribution in [3.63, 3.8) is 0 Å². The summed E-state index contributed by atoms with van der Waals surface area (Å²) in [4.78, 5) is 25.8. The standard InChI is InChI=1S/C9H15ClN2O3/c1-3-6(10)8(11)9(14)15-7(13)5-12-4-2/h4,6,8H,3,5,11H2,1-2H3/t6?,8-/m0/s1. The van der Waals surface area contributed by atoms with Crippen molar-refractivity contribution in [1.29, 1.82) is 0 Å². The summed E-state index contributed by atoms with van der Waals surface area (Å²) in [6, 6.07) is -0.980. The molecule has 0 heterocycles. The summed E-state index contributed by atoms with van der Waals surface area (Å²) in [7, 11) is 0. The normalized spacial score (nSPS) is 14.9. The number of aliphatic imine (C=N–C) groups is 1. The Bertz CT molecular complexity index is 256. The van der Waals surface area contributed by atoms with Crippen LogP contribution in [0.3, 0.4) is 0 Å². The highest BCUT2D eigenvalue weighted by atomic mass is 35.5. The highest BCUT2D eigenvalue weighted by Gasteiger charge is 2.24. The van der Waals surface area contributed by atoms with Gasteiger partial charge < -0.3 is 10.5 Å². The fourth-order valence-corrected chi connectivity index (χ4v) is 0.883. The van der Waals surface area contributed by atoms with Gasteiger partial charge in [0.1, 0.15) is 12.6 Å². The van der Waals surface area contributed by atoms with E-state index in [0.717, 1.165) is 0 Å². The Morgan fingerprint density at radius 3 is 2.67 bits per heavy atom. The maximum absolute atomic E-state index is 11.2. The Labute approximate surface area is 93.6 Å². The number of hydrogen-bond donors (Lipinski definition) is 1. The van der Waals surface area contributed by atoms with E-state index in [1.165, 1.54) is 6.21 Å². The van der Waals surface area contributed by atoms with Crippen molar-refractivity contribution in [2.75, 3.05) is 6.54 Å². The highest BCUT2D eigenvalue weighted by Crippen LogP contribution is 2.06. The molecule has 6 heteroatoms. The molecule has 0 bridgehead atoms. The SMILES string of the molecule is CC=NCC(=O)OC(=O)[C@@H](N)C(Cl)CC. The summed E-state index contributed by atoms with van der Waals surface area (Å²) >= 11 is 5.73. The Kier molecular flexibility index (Phi) is 6.90. The van der Waals surface area contributed by atoms with E-state index in [2.05, 4.69) is 9.73 Å². The van der Waals surface area contributed by atoms with E-state index in [1.807, 2.05) is 0 Å². The van der Waals surface area contributed by atoms with Gasteiger partial charge in [-0.3, -0.25) is 4.99 Å². The molecule has 0 aromatic heterocycles.